The molecule has 0 fully saturated rings. The number of carbonyl (C=O) groups is 2. The molecule has 0 unspecified atom stereocenters. The first-order chi connectivity index (χ1) is 9.69. The SMILES string of the molecule is CNC(=O)c1csc(C(=O)c2cc3ccccc3[nH]2)n1. The number of thiazole rings is 1. The van der Waals surface area contributed by atoms with Crippen LogP contribution in [0.2, 0.25) is 0 Å². The predicted octanol–water partition coefficient (Wildman–Crippen LogP) is 2.21. The number of rotatable bonds is 3. The van der Waals surface area contributed by atoms with Crippen LogP contribution in [0.4, 0.5) is 0 Å². The lowest BCUT2D eigenvalue weighted by Gasteiger charge is -1.93. The van der Waals surface area contributed by atoms with Crippen molar-refractivity contribution < 1.29 is 9.59 Å². The molecule has 3 rings (SSSR count). The number of amides is 1. The molecule has 0 aliphatic carbocycles. The Morgan fingerprint density at radius 2 is 2.10 bits per heavy atom. The van der Waals surface area contributed by atoms with Crippen LogP contribution in [0.3, 0.4) is 0 Å². The quantitative estimate of drug-likeness (QED) is 0.724. The molecule has 0 saturated heterocycles. The fraction of sp³-hybridized carbons (Fsp3) is 0.0714. The van der Waals surface area contributed by atoms with Crippen LogP contribution in [-0.4, -0.2) is 28.7 Å². The number of aromatic amines is 1. The number of hydrogen-bond donors (Lipinski definition) is 2. The minimum Gasteiger partial charge on any atom is -0.354 e. The maximum absolute atomic E-state index is 12.3. The van der Waals surface area contributed by atoms with Gasteiger partial charge in [0.05, 0.1) is 5.69 Å². The molecular weight excluding hydrogens is 274 g/mol. The molecule has 6 heteroatoms. The number of H-pyrrole nitrogens is 1. The normalized spacial score (nSPS) is 10.7. The van der Waals surface area contributed by atoms with Gasteiger partial charge in [-0.1, -0.05) is 18.2 Å². The lowest BCUT2D eigenvalue weighted by Crippen LogP contribution is -2.18. The van der Waals surface area contributed by atoms with Crippen LogP contribution < -0.4 is 5.32 Å². The molecule has 1 aromatic carbocycles. The van der Waals surface area contributed by atoms with Crippen LogP contribution in [0.15, 0.2) is 35.7 Å². The average Bonchev–Trinajstić information content (AvgIpc) is 3.12. The molecule has 0 aliphatic rings. The van der Waals surface area contributed by atoms with Gasteiger partial charge in [0.2, 0.25) is 5.78 Å². The molecule has 0 aliphatic heterocycles. The minimum atomic E-state index is -0.294. The Hall–Kier alpha value is -2.47. The summed E-state index contributed by atoms with van der Waals surface area (Å²) in [7, 11) is 1.53. The zero-order valence-electron chi connectivity index (χ0n) is 10.6. The van der Waals surface area contributed by atoms with E-state index in [9.17, 15) is 9.59 Å². The molecule has 0 bridgehead atoms. The third kappa shape index (κ3) is 2.10. The van der Waals surface area contributed by atoms with E-state index in [1.807, 2.05) is 24.3 Å². The Labute approximate surface area is 118 Å². The molecule has 20 heavy (non-hydrogen) atoms. The maximum atomic E-state index is 12.3. The summed E-state index contributed by atoms with van der Waals surface area (Å²) in [5, 5.41) is 5.33. The van der Waals surface area contributed by atoms with E-state index in [1.165, 1.54) is 7.05 Å². The number of ketones is 1. The van der Waals surface area contributed by atoms with Crippen LogP contribution in [0, 0.1) is 0 Å². The van der Waals surface area contributed by atoms with Crippen molar-refractivity contribution in [1.82, 2.24) is 15.3 Å². The Kier molecular flexibility index (Phi) is 3.08. The number of benzene rings is 1. The number of para-hydroxylation sites is 1. The van der Waals surface area contributed by atoms with E-state index in [1.54, 1.807) is 11.4 Å². The van der Waals surface area contributed by atoms with Gasteiger partial charge in [-0.25, -0.2) is 4.98 Å². The van der Waals surface area contributed by atoms with Crippen LogP contribution >= 0.6 is 11.3 Å². The lowest BCUT2D eigenvalue weighted by molar-refractivity contribution is 0.0959. The molecule has 2 aromatic heterocycles. The third-order valence-electron chi connectivity index (χ3n) is 2.93. The average molecular weight is 285 g/mol. The van der Waals surface area contributed by atoms with E-state index in [0.717, 1.165) is 22.2 Å². The van der Waals surface area contributed by atoms with Crippen molar-refractivity contribution in [2.24, 2.45) is 0 Å². The largest absolute Gasteiger partial charge is 0.354 e. The second kappa shape index (κ2) is 4.90. The number of aromatic nitrogens is 2. The van der Waals surface area contributed by atoms with Gasteiger partial charge >= 0.3 is 0 Å². The van der Waals surface area contributed by atoms with Crippen LogP contribution in [0.1, 0.15) is 26.0 Å². The highest BCUT2D eigenvalue weighted by molar-refractivity contribution is 7.12. The van der Waals surface area contributed by atoms with Crippen LogP contribution in [0.5, 0.6) is 0 Å². The van der Waals surface area contributed by atoms with Crippen molar-refractivity contribution in [3.05, 3.63) is 52.1 Å². The molecule has 0 spiro atoms. The molecule has 2 heterocycles. The van der Waals surface area contributed by atoms with Crippen molar-refractivity contribution in [3.63, 3.8) is 0 Å². The summed E-state index contributed by atoms with van der Waals surface area (Å²) in [6, 6.07) is 9.45. The van der Waals surface area contributed by atoms with Gasteiger partial charge in [0.15, 0.2) is 5.01 Å². The summed E-state index contributed by atoms with van der Waals surface area (Å²) in [6.45, 7) is 0. The van der Waals surface area contributed by atoms with Crippen molar-refractivity contribution in [2.75, 3.05) is 7.05 Å². The number of nitrogens with one attached hydrogen (secondary N) is 2. The molecule has 0 radical (unpaired) electrons. The van der Waals surface area contributed by atoms with E-state index in [2.05, 4.69) is 15.3 Å². The molecule has 2 N–H and O–H groups in total. The molecule has 3 aromatic rings. The topological polar surface area (TPSA) is 74.8 Å². The first-order valence-corrected chi connectivity index (χ1v) is 6.87. The number of carbonyl (C=O) groups excluding carboxylic acids is 2. The number of hydrogen-bond acceptors (Lipinski definition) is 4. The summed E-state index contributed by atoms with van der Waals surface area (Å²) in [5.41, 5.74) is 1.64. The molecule has 1 amide bonds. The maximum Gasteiger partial charge on any atom is 0.270 e. The second-order valence-corrected chi connectivity index (χ2v) is 5.07. The Morgan fingerprint density at radius 1 is 1.30 bits per heavy atom. The number of nitrogens with zero attached hydrogens (tertiary/aromatic N) is 1. The Balaban J connectivity index is 1.95. The van der Waals surface area contributed by atoms with E-state index in [4.69, 9.17) is 0 Å². The van der Waals surface area contributed by atoms with Crippen molar-refractivity contribution in [1.29, 1.82) is 0 Å². The van der Waals surface area contributed by atoms with E-state index in [0.29, 0.717) is 10.7 Å². The van der Waals surface area contributed by atoms with Crippen molar-refractivity contribution in [3.8, 4) is 0 Å². The third-order valence-corrected chi connectivity index (χ3v) is 3.77. The van der Waals surface area contributed by atoms with Crippen LogP contribution in [0.25, 0.3) is 10.9 Å². The predicted molar refractivity (Wildman–Crippen MR) is 77.2 cm³/mol. The Morgan fingerprint density at radius 3 is 2.85 bits per heavy atom. The number of fused-ring (bicyclic) bond motifs is 1. The summed E-state index contributed by atoms with van der Waals surface area (Å²) in [5.74, 6) is -0.502. The standard InChI is InChI=1S/C14H11N3O2S/c1-15-13(19)11-7-20-14(17-11)12(18)10-6-8-4-2-3-5-9(8)16-10/h2-7,16H,1H3,(H,15,19). The van der Waals surface area contributed by atoms with E-state index < -0.39 is 0 Å². The van der Waals surface area contributed by atoms with Gasteiger partial charge in [-0.15, -0.1) is 11.3 Å². The molecular formula is C14H11N3O2S. The van der Waals surface area contributed by atoms with Crippen molar-refractivity contribution in [2.45, 2.75) is 0 Å². The van der Waals surface area contributed by atoms with Gasteiger partial charge in [-0.05, 0) is 12.1 Å². The van der Waals surface area contributed by atoms with E-state index in [-0.39, 0.29) is 17.4 Å². The second-order valence-electron chi connectivity index (χ2n) is 4.22. The van der Waals surface area contributed by atoms with Crippen molar-refractivity contribution >= 4 is 33.9 Å². The minimum absolute atomic E-state index is 0.207. The lowest BCUT2D eigenvalue weighted by atomic mass is 10.2. The van der Waals surface area contributed by atoms with E-state index >= 15 is 0 Å². The molecule has 5 nitrogen and oxygen atoms in total. The summed E-state index contributed by atoms with van der Waals surface area (Å²) in [4.78, 5) is 30.9. The first kappa shape index (κ1) is 12.6. The monoisotopic (exact) mass is 285 g/mol. The van der Waals surface area contributed by atoms with Gasteiger partial charge in [0, 0.05) is 23.3 Å². The summed E-state index contributed by atoms with van der Waals surface area (Å²) in [6.07, 6.45) is 0. The van der Waals surface area contributed by atoms with Gasteiger partial charge in [-0.3, -0.25) is 9.59 Å². The highest BCUT2D eigenvalue weighted by atomic mass is 32.1. The first-order valence-electron chi connectivity index (χ1n) is 5.99. The highest BCUT2D eigenvalue weighted by Crippen LogP contribution is 2.19. The highest BCUT2D eigenvalue weighted by Gasteiger charge is 2.17. The van der Waals surface area contributed by atoms with Gasteiger partial charge in [0.1, 0.15) is 5.69 Å². The van der Waals surface area contributed by atoms with Crippen LogP contribution in [-0.2, 0) is 0 Å². The van der Waals surface area contributed by atoms with Gasteiger partial charge in [-0.2, -0.15) is 0 Å². The molecule has 0 saturated carbocycles. The molecule has 100 valence electrons. The summed E-state index contributed by atoms with van der Waals surface area (Å²) >= 11 is 1.16. The smallest absolute Gasteiger partial charge is 0.270 e. The zero-order valence-corrected chi connectivity index (χ0v) is 11.5. The van der Waals surface area contributed by atoms with Gasteiger partial charge in [0.25, 0.3) is 5.91 Å². The van der Waals surface area contributed by atoms with Gasteiger partial charge < -0.3 is 10.3 Å². The zero-order chi connectivity index (χ0) is 14.1. The summed E-state index contributed by atoms with van der Waals surface area (Å²) < 4.78 is 0. The molecule has 0 atom stereocenters. The fourth-order valence-electron chi connectivity index (χ4n) is 1.92. The Bertz CT molecular complexity index is 770. The fourth-order valence-corrected chi connectivity index (χ4v) is 2.67.